The molecule has 1 N–H and O–H groups in total. The van der Waals surface area contributed by atoms with Gasteiger partial charge in [-0.15, -0.1) is 0 Å². The summed E-state index contributed by atoms with van der Waals surface area (Å²) >= 11 is 0. The molecule has 0 bridgehead atoms. The van der Waals surface area contributed by atoms with E-state index in [1.54, 1.807) is 6.20 Å². The van der Waals surface area contributed by atoms with Gasteiger partial charge in [0.2, 0.25) is 0 Å². The number of imidazole rings is 1. The van der Waals surface area contributed by atoms with Gasteiger partial charge in [0, 0.05) is 33.4 Å². The predicted molar refractivity (Wildman–Crippen MR) is 77.3 cm³/mol. The second-order valence-corrected chi connectivity index (χ2v) is 6.91. The number of hydrogen-bond acceptors (Lipinski definition) is 5. The maximum absolute atomic E-state index is 12.3. The first-order valence-corrected chi connectivity index (χ1v) is 8.59. The molecule has 120 valence electrons. The third-order valence-corrected chi connectivity index (χ3v) is 4.84. The van der Waals surface area contributed by atoms with Crippen molar-refractivity contribution in [2.45, 2.75) is 44.0 Å². The van der Waals surface area contributed by atoms with Crippen molar-refractivity contribution in [3.05, 3.63) is 12.0 Å². The van der Waals surface area contributed by atoms with Crippen LogP contribution in [-0.4, -0.2) is 45.0 Å². The summed E-state index contributed by atoms with van der Waals surface area (Å²) in [5, 5.41) is 0.0611. The fourth-order valence-electron chi connectivity index (χ4n) is 2.09. The number of rotatable bonds is 9. The van der Waals surface area contributed by atoms with Crippen LogP contribution in [0.3, 0.4) is 0 Å². The number of sulfonamides is 1. The molecule has 21 heavy (non-hydrogen) atoms. The fraction of sp³-hybridized carbons (Fsp3) is 0.769. The summed E-state index contributed by atoms with van der Waals surface area (Å²) in [6.45, 7) is 2.87. The zero-order valence-corrected chi connectivity index (χ0v) is 13.5. The quantitative estimate of drug-likeness (QED) is 0.680. The van der Waals surface area contributed by atoms with E-state index < -0.39 is 16.3 Å². The Morgan fingerprint density at radius 3 is 2.62 bits per heavy atom. The molecular formula is C13H23N3O4S. The Hall–Kier alpha value is -0.960. The molecule has 0 saturated heterocycles. The SMILES string of the molecule is CCc1nc(S(=O)(=O)NCC(OC)OC)cn1CC1CC1. The van der Waals surface area contributed by atoms with E-state index in [0.29, 0.717) is 12.3 Å². The van der Waals surface area contributed by atoms with Gasteiger partial charge in [0.25, 0.3) is 10.0 Å². The van der Waals surface area contributed by atoms with Crippen LogP contribution >= 0.6 is 0 Å². The summed E-state index contributed by atoms with van der Waals surface area (Å²) in [6, 6.07) is 0. The average Bonchev–Trinajstić information content (AvgIpc) is 3.17. The van der Waals surface area contributed by atoms with Gasteiger partial charge in [0.05, 0.1) is 6.54 Å². The van der Waals surface area contributed by atoms with Crippen molar-refractivity contribution in [2.75, 3.05) is 20.8 Å². The number of nitrogens with one attached hydrogen (secondary N) is 1. The lowest BCUT2D eigenvalue weighted by atomic mass is 10.4. The number of aryl methyl sites for hydroxylation is 1. The predicted octanol–water partition coefficient (Wildman–Crippen LogP) is 0.753. The van der Waals surface area contributed by atoms with Crippen LogP contribution in [0.1, 0.15) is 25.6 Å². The smallest absolute Gasteiger partial charge is 0.259 e. The molecule has 0 radical (unpaired) electrons. The molecule has 8 heteroatoms. The summed E-state index contributed by atoms with van der Waals surface area (Å²) in [6.07, 6.45) is 4.14. The normalized spacial score (nSPS) is 15.8. The number of methoxy groups -OCH3 is 2. The summed E-state index contributed by atoms with van der Waals surface area (Å²) < 4.78 is 38.9. The standard InChI is InChI=1S/C13H23N3O4S/c1-4-11-15-12(9-16(11)8-10-5-6-10)21(17,18)14-7-13(19-2)20-3/h9-10,13-14H,4-8H2,1-3H3. The Kier molecular flexibility index (Phi) is 5.37. The summed E-state index contributed by atoms with van der Waals surface area (Å²) in [5.74, 6) is 1.47. The lowest BCUT2D eigenvalue weighted by molar-refractivity contribution is -0.0960. The van der Waals surface area contributed by atoms with Crippen LogP contribution in [0.4, 0.5) is 0 Å². The van der Waals surface area contributed by atoms with E-state index in [9.17, 15) is 8.42 Å². The van der Waals surface area contributed by atoms with E-state index in [-0.39, 0.29) is 11.6 Å². The molecule has 0 aliphatic heterocycles. The fourth-order valence-corrected chi connectivity index (χ4v) is 3.09. The van der Waals surface area contributed by atoms with Crippen LogP contribution in [0.2, 0.25) is 0 Å². The number of nitrogens with zero attached hydrogens (tertiary/aromatic N) is 2. The van der Waals surface area contributed by atoms with Crippen molar-refractivity contribution in [1.29, 1.82) is 0 Å². The first-order chi connectivity index (χ1) is 10.00. The van der Waals surface area contributed by atoms with E-state index in [2.05, 4.69) is 9.71 Å². The molecule has 0 amide bonds. The highest BCUT2D eigenvalue weighted by molar-refractivity contribution is 7.89. The van der Waals surface area contributed by atoms with Crippen molar-refractivity contribution in [3.8, 4) is 0 Å². The van der Waals surface area contributed by atoms with Gasteiger partial charge in [0.1, 0.15) is 5.82 Å². The molecule has 1 aromatic heterocycles. The molecule has 1 heterocycles. The number of ether oxygens (including phenoxy) is 2. The van der Waals surface area contributed by atoms with E-state index in [1.807, 2.05) is 11.5 Å². The maximum Gasteiger partial charge on any atom is 0.259 e. The second-order valence-electron chi connectivity index (χ2n) is 5.20. The highest BCUT2D eigenvalue weighted by atomic mass is 32.2. The molecule has 7 nitrogen and oxygen atoms in total. The van der Waals surface area contributed by atoms with Crippen LogP contribution in [0.25, 0.3) is 0 Å². The lowest BCUT2D eigenvalue weighted by Crippen LogP contribution is -2.34. The summed E-state index contributed by atoms with van der Waals surface area (Å²) in [7, 11) is -0.724. The van der Waals surface area contributed by atoms with E-state index in [4.69, 9.17) is 9.47 Å². The lowest BCUT2D eigenvalue weighted by Gasteiger charge is -2.13. The van der Waals surface area contributed by atoms with Crippen LogP contribution < -0.4 is 4.72 Å². The largest absolute Gasteiger partial charge is 0.355 e. The van der Waals surface area contributed by atoms with Gasteiger partial charge in [-0.05, 0) is 18.8 Å². The van der Waals surface area contributed by atoms with Gasteiger partial charge in [-0.2, -0.15) is 0 Å². The monoisotopic (exact) mass is 317 g/mol. The number of aromatic nitrogens is 2. The Balaban J connectivity index is 2.09. The molecule has 1 aliphatic carbocycles. The Morgan fingerprint density at radius 2 is 2.10 bits per heavy atom. The molecule has 1 fully saturated rings. The second kappa shape index (κ2) is 6.87. The van der Waals surface area contributed by atoms with Gasteiger partial charge in [-0.3, -0.25) is 0 Å². The zero-order chi connectivity index (χ0) is 15.5. The third kappa shape index (κ3) is 4.26. The summed E-state index contributed by atoms with van der Waals surface area (Å²) in [5.41, 5.74) is 0. The molecule has 0 spiro atoms. The first kappa shape index (κ1) is 16.4. The Morgan fingerprint density at radius 1 is 1.43 bits per heavy atom. The Bertz CT molecular complexity index is 562. The first-order valence-electron chi connectivity index (χ1n) is 7.11. The Labute approximate surface area is 125 Å². The third-order valence-electron chi connectivity index (χ3n) is 3.55. The van der Waals surface area contributed by atoms with Gasteiger partial charge in [-0.25, -0.2) is 18.1 Å². The van der Waals surface area contributed by atoms with Gasteiger partial charge >= 0.3 is 0 Å². The highest BCUT2D eigenvalue weighted by Crippen LogP contribution is 2.31. The molecule has 0 aromatic carbocycles. The van der Waals surface area contributed by atoms with E-state index >= 15 is 0 Å². The molecular weight excluding hydrogens is 294 g/mol. The molecule has 1 aromatic rings. The van der Waals surface area contributed by atoms with Gasteiger partial charge in [-0.1, -0.05) is 6.92 Å². The highest BCUT2D eigenvalue weighted by Gasteiger charge is 2.25. The average molecular weight is 317 g/mol. The molecule has 0 atom stereocenters. The zero-order valence-electron chi connectivity index (χ0n) is 12.7. The molecule has 0 unspecified atom stereocenters. The van der Waals surface area contributed by atoms with Crippen molar-refractivity contribution < 1.29 is 17.9 Å². The topological polar surface area (TPSA) is 82.5 Å². The van der Waals surface area contributed by atoms with Crippen molar-refractivity contribution in [3.63, 3.8) is 0 Å². The van der Waals surface area contributed by atoms with E-state index in [0.717, 1.165) is 12.4 Å². The van der Waals surface area contributed by atoms with Crippen molar-refractivity contribution in [2.24, 2.45) is 5.92 Å². The molecule has 2 rings (SSSR count). The molecule has 1 aliphatic rings. The van der Waals surface area contributed by atoms with Crippen LogP contribution in [0, 0.1) is 5.92 Å². The minimum absolute atomic E-state index is 0.0479. The van der Waals surface area contributed by atoms with Crippen LogP contribution in [0.15, 0.2) is 11.2 Å². The maximum atomic E-state index is 12.3. The van der Waals surface area contributed by atoms with Crippen LogP contribution in [-0.2, 0) is 32.5 Å². The van der Waals surface area contributed by atoms with Crippen molar-refractivity contribution in [1.82, 2.24) is 14.3 Å². The van der Waals surface area contributed by atoms with Crippen molar-refractivity contribution >= 4 is 10.0 Å². The van der Waals surface area contributed by atoms with Gasteiger partial charge < -0.3 is 14.0 Å². The number of hydrogen-bond donors (Lipinski definition) is 1. The van der Waals surface area contributed by atoms with E-state index in [1.165, 1.54) is 27.1 Å². The van der Waals surface area contributed by atoms with Crippen LogP contribution in [0.5, 0.6) is 0 Å². The van der Waals surface area contributed by atoms with Gasteiger partial charge in [0.15, 0.2) is 11.3 Å². The summed E-state index contributed by atoms with van der Waals surface area (Å²) in [4.78, 5) is 4.24. The minimum atomic E-state index is -3.64. The minimum Gasteiger partial charge on any atom is -0.355 e. The molecule has 1 saturated carbocycles.